The molecule has 0 bridgehead atoms. The van der Waals surface area contributed by atoms with Crippen LogP contribution < -0.4 is 10.5 Å². The van der Waals surface area contributed by atoms with Crippen LogP contribution in [0.4, 0.5) is 8.78 Å². The van der Waals surface area contributed by atoms with Crippen molar-refractivity contribution in [2.24, 2.45) is 11.1 Å². The lowest BCUT2D eigenvalue weighted by molar-refractivity contribution is 0.0842. The summed E-state index contributed by atoms with van der Waals surface area (Å²) in [6, 6.07) is 1.70. The van der Waals surface area contributed by atoms with Gasteiger partial charge in [0.1, 0.15) is 5.82 Å². The standard InChI is InChI=1S/C12H15F2NO2/c1-12(2,6-15)11(16)7-4-9(14)10(17-3)5-8(7)13/h4-5H,6,15H2,1-3H3. The van der Waals surface area contributed by atoms with Crippen molar-refractivity contribution in [1.29, 1.82) is 0 Å². The normalized spacial score (nSPS) is 11.4. The Kier molecular flexibility index (Phi) is 3.83. The van der Waals surface area contributed by atoms with Crippen molar-refractivity contribution >= 4 is 5.78 Å². The fourth-order valence-electron chi connectivity index (χ4n) is 1.32. The molecule has 0 saturated carbocycles. The van der Waals surface area contributed by atoms with Gasteiger partial charge in [-0.15, -0.1) is 0 Å². The molecule has 17 heavy (non-hydrogen) atoms. The summed E-state index contributed by atoms with van der Waals surface area (Å²) < 4.78 is 31.7. The van der Waals surface area contributed by atoms with Gasteiger partial charge in [-0.3, -0.25) is 4.79 Å². The Morgan fingerprint density at radius 3 is 2.41 bits per heavy atom. The van der Waals surface area contributed by atoms with Gasteiger partial charge in [0.15, 0.2) is 17.3 Å². The molecule has 3 nitrogen and oxygen atoms in total. The number of Topliss-reactive ketones (excluding diaryl/α,β-unsaturated/α-hetero) is 1. The minimum Gasteiger partial charge on any atom is -0.494 e. The van der Waals surface area contributed by atoms with Gasteiger partial charge in [-0.1, -0.05) is 13.8 Å². The van der Waals surface area contributed by atoms with Crippen LogP contribution in [0.1, 0.15) is 24.2 Å². The number of benzene rings is 1. The van der Waals surface area contributed by atoms with Gasteiger partial charge in [-0.05, 0) is 6.07 Å². The molecule has 1 aromatic rings. The van der Waals surface area contributed by atoms with Crippen LogP contribution in [0.15, 0.2) is 12.1 Å². The lowest BCUT2D eigenvalue weighted by Crippen LogP contribution is -2.33. The topological polar surface area (TPSA) is 52.3 Å². The van der Waals surface area contributed by atoms with Gasteiger partial charge >= 0.3 is 0 Å². The van der Waals surface area contributed by atoms with Crippen LogP contribution in [0, 0.1) is 17.0 Å². The van der Waals surface area contributed by atoms with E-state index in [0.29, 0.717) is 0 Å². The summed E-state index contributed by atoms with van der Waals surface area (Å²) in [6.45, 7) is 3.22. The summed E-state index contributed by atoms with van der Waals surface area (Å²) in [5, 5.41) is 0. The molecule has 1 aromatic carbocycles. The number of hydrogen-bond acceptors (Lipinski definition) is 3. The van der Waals surface area contributed by atoms with Crippen LogP contribution in [0.2, 0.25) is 0 Å². The molecule has 0 fully saturated rings. The molecule has 0 saturated heterocycles. The highest BCUT2D eigenvalue weighted by Gasteiger charge is 2.30. The van der Waals surface area contributed by atoms with Gasteiger partial charge in [-0.25, -0.2) is 8.78 Å². The fraction of sp³-hybridized carbons (Fsp3) is 0.417. The van der Waals surface area contributed by atoms with Crippen LogP contribution in [0.3, 0.4) is 0 Å². The molecule has 94 valence electrons. The zero-order chi connectivity index (χ0) is 13.2. The molecule has 0 amide bonds. The Bertz CT molecular complexity index is 444. The first-order valence-corrected chi connectivity index (χ1v) is 5.11. The van der Waals surface area contributed by atoms with Crippen molar-refractivity contribution in [3.8, 4) is 5.75 Å². The first-order chi connectivity index (χ1) is 7.83. The number of hydrogen-bond donors (Lipinski definition) is 1. The predicted octanol–water partition coefficient (Wildman–Crippen LogP) is 2.14. The van der Waals surface area contributed by atoms with E-state index in [-0.39, 0.29) is 17.9 Å². The van der Waals surface area contributed by atoms with Crippen LogP contribution in [-0.4, -0.2) is 19.4 Å². The molecule has 0 radical (unpaired) electrons. The third kappa shape index (κ3) is 2.61. The molecule has 2 N–H and O–H groups in total. The Balaban J connectivity index is 3.25. The number of carbonyl (C=O) groups is 1. The first kappa shape index (κ1) is 13.6. The maximum absolute atomic E-state index is 13.6. The summed E-state index contributed by atoms with van der Waals surface area (Å²) in [7, 11) is 1.23. The van der Waals surface area contributed by atoms with Gasteiger partial charge in [0.05, 0.1) is 12.7 Å². The van der Waals surface area contributed by atoms with Crippen molar-refractivity contribution in [3.63, 3.8) is 0 Å². The summed E-state index contributed by atoms with van der Waals surface area (Å²) in [5.41, 5.74) is 4.19. The maximum Gasteiger partial charge on any atom is 0.172 e. The molecular formula is C12H15F2NO2. The number of ketones is 1. The van der Waals surface area contributed by atoms with E-state index < -0.39 is 22.8 Å². The third-order valence-corrected chi connectivity index (χ3v) is 2.61. The van der Waals surface area contributed by atoms with E-state index in [0.717, 1.165) is 12.1 Å². The number of halogens is 2. The quantitative estimate of drug-likeness (QED) is 0.824. The van der Waals surface area contributed by atoms with Gasteiger partial charge in [-0.2, -0.15) is 0 Å². The van der Waals surface area contributed by atoms with Gasteiger partial charge in [0, 0.05) is 18.0 Å². The van der Waals surface area contributed by atoms with Gasteiger partial charge < -0.3 is 10.5 Å². The first-order valence-electron chi connectivity index (χ1n) is 5.11. The summed E-state index contributed by atoms with van der Waals surface area (Å²) in [5.74, 6) is -2.34. The van der Waals surface area contributed by atoms with Crippen molar-refractivity contribution in [3.05, 3.63) is 29.3 Å². The molecule has 5 heteroatoms. The highest BCUT2D eigenvalue weighted by Crippen LogP contribution is 2.27. The number of nitrogens with two attached hydrogens (primary N) is 1. The van der Waals surface area contributed by atoms with Gasteiger partial charge in [0.25, 0.3) is 0 Å². The number of rotatable bonds is 4. The highest BCUT2D eigenvalue weighted by molar-refractivity contribution is 6.00. The Morgan fingerprint density at radius 2 is 1.94 bits per heavy atom. The minimum absolute atomic E-state index is 0.0545. The van der Waals surface area contributed by atoms with Crippen molar-refractivity contribution in [2.75, 3.05) is 13.7 Å². The average molecular weight is 243 g/mol. The van der Waals surface area contributed by atoms with Crippen LogP contribution >= 0.6 is 0 Å². The smallest absolute Gasteiger partial charge is 0.172 e. The second-order valence-electron chi connectivity index (χ2n) is 4.38. The molecule has 0 heterocycles. The second-order valence-corrected chi connectivity index (χ2v) is 4.38. The van der Waals surface area contributed by atoms with E-state index in [1.54, 1.807) is 13.8 Å². The number of ether oxygens (including phenoxy) is 1. The minimum atomic E-state index is -0.929. The molecule has 0 aliphatic carbocycles. The van der Waals surface area contributed by atoms with E-state index in [1.165, 1.54) is 7.11 Å². The molecule has 0 unspecified atom stereocenters. The number of carbonyl (C=O) groups excluding carboxylic acids is 1. The monoisotopic (exact) mass is 243 g/mol. The van der Waals surface area contributed by atoms with E-state index >= 15 is 0 Å². The Hall–Kier alpha value is -1.49. The van der Waals surface area contributed by atoms with E-state index in [9.17, 15) is 13.6 Å². The largest absolute Gasteiger partial charge is 0.494 e. The van der Waals surface area contributed by atoms with Gasteiger partial charge in [0.2, 0.25) is 0 Å². The number of methoxy groups -OCH3 is 1. The SMILES string of the molecule is COc1cc(F)c(C(=O)C(C)(C)CN)cc1F. The van der Waals surface area contributed by atoms with Crippen molar-refractivity contribution in [2.45, 2.75) is 13.8 Å². The predicted molar refractivity (Wildman–Crippen MR) is 60.1 cm³/mol. The summed E-state index contributed by atoms with van der Waals surface area (Å²) in [4.78, 5) is 11.9. The van der Waals surface area contributed by atoms with Crippen LogP contribution in [0.25, 0.3) is 0 Å². The van der Waals surface area contributed by atoms with Crippen LogP contribution in [-0.2, 0) is 0 Å². The molecule has 0 atom stereocenters. The molecular weight excluding hydrogens is 228 g/mol. The zero-order valence-electron chi connectivity index (χ0n) is 10.0. The molecule has 0 aliphatic heterocycles. The summed E-state index contributed by atoms with van der Waals surface area (Å²) in [6.07, 6.45) is 0. The fourth-order valence-corrected chi connectivity index (χ4v) is 1.32. The Morgan fingerprint density at radius 1 is 1.35 bits per heavy atom. The second kappa shape index (κ2) is 4.79. The van der Waals surface area contributed by atoms with Crippen molar-refractivity contribution < 1.29 is 18.3 Å². The van der Waals surface area contributed by atoms with Crippen LogP contribution in [0.5, 0.6) is 5.75 Å². The molecule has 0 aromatic heterocycles. The molecule has 0 spiro atoms. The maximum atomic E-state index is 13.6. The lowest BCUT2D eigenvalue weighted by Gasteiger charge is -2.21. The van der Waals surface area contributed by atoms with Crippen molar-refractivity contribution in [1.82, 2.24) is 0 Å². The average Bonchev–Trinajstić information content (AvgIpc) is 2.30. The van der Waals surface area contributed by atoms with E-state index in [4.69, 9.17) is 5.73 Å². The van der Waals surface area contributed by atoms with E-state index in [2.05, 4.69) is 4.74 Å². The zero-order valence-corrected chi connectivity index (χ0v) is 10.0. The third-order valence-electron chi connectivity index (χ3n) is 2.61. The Labute approximate surface area is 98.6 Å². The molecule has 0 aliphatic rings. The van der Waals surface area contributed by atoms with E-state index in [1.807, 2.05) is 0 Å². The lowest BCUT2D eigenvalue weighted by atomic mass is 9.84. The highest BCUT2D eigenvalue weighted by atomic mass is 19.1. The summed E-state index contributed by atoms with van der Waals surface area (Å²) >= 11 is 0. The molecule has 1 rings (SSSR count).